The number of fused-ring (bicyclic) bond motifs is 2. The molecule has 5 nitrogen and oxygen atoms in total. The molecule has 6 heteroatoms. The number of aromatic amines is 1. The van der Waals surface area contributed by atoms with Crippen molar-refractivity contribution in [2.75, 3.05) is 0 Å². The van der Waals surface area contributed by atoms with Gasteiger partial charge in [-0.15, -0.1) is 5.10 Å². The van der Waals surface area contributed by atoms with Gasteiger partial charge < -0.3 is 0 Å². The van der Waals surface area contributed by atoms with Crippen molar-refractivity contribution in [2.24, 2.45) is 0 Å². The van der Waals surface area contributed by atoms with Crippen molar-refractivity contribution in [3.05, 3.63) is 47.5 Å². The molecule has 2 aromatic heterocycles. The largest absolute Gasteiger partial charge is 0.276 e. The number of para-hydroxylation sites is 1. The van der Waals surface area contributed by atoms with Gasteiger partial charge in [0, 0.05) is 10.4 Å². The second kappa shape index (κ2) is 3.80. The Morgan fingerprint density at radius 2 is 2.00 bits per heavy atom. The maximum absolute atomic E-state index is 6.04. The van der Waals surface area contributed by atoms with Crippen LogP contribution in [0.15, 0.2) is 42.5 Å². The molecule has 0 amide bonds. The molecule has 92 valence electrons. The standard InChI is InChI=1S/C13H8ClN5/c14-8-5-6-10-9(7-8)13(17-15-10)19-12-4-2-1-3-11(12)16-18-19/h1-7H,(H,15,17). The molecule has 2 heterocycles. The van der Waals surface area contributed by atoms with E-state index in [1.807, 2.05) is 42.5 Å². The van der Waals surface area contributed by atoms with Gasteiger partial charge in [-0.2, -0.15) is 9.78 Å². The number of halogens is 1. The molecule has 4 aromatic rings. The lowest BCUT2D eigenvalue weighted by molar-refractivity contribution is 0.799. The fourth-order valence-electron chi connectivity index (χ4n) is 2.16. The molecule has 0 unspecified atom stereocenters. The van der Waals surface area contributed by atoms with Crippen molar-refractivity contribution in [3.63, 3.8) is 0 Å². The fraction of sp³-hybridized carbons (Fsp3) is 0. The van der Waals surface area contributed by atoms with Crippen LogP contribution in [-0.2, 0) is 0 Å². The van der Waals surface area contributed by atoms with Crippen molar-refractivity contribution in [3.8, 4) is 5.82 Å². The molecule has 1 N–H and O–H groups in total. The summed E-state index contributed by atoms with van der Waals surface area (Å²) < 4.78 is 1.71. The van der Waals surface area contributed by atoms with Gasteiger partial charge in [0.1, 0.15) is 5.52 Å². The van der Waals surface area contributed by atoms with E-state index in [9.17, 15) is 0 Å². The van der Waals surface area contributed by atoms with Crippen LogP contribution in [0.1, 0.15) is 0 Å². The fourth-order valence-corrected chi connectivity index (χ4v) is 2.33. The summed E-state index contributed by atoms with van der Waals surface area (Å²) in [6, 6.07) is 13.3. The third kappa shape index (κ3) is 1.52. The predicted octanol–water partition coefficient (Wildman–Crippen LogP) is 2.95. The lowest BCUT2D eigenvalue weighted by Gasteiger charge is -1.98. The van der Waals surface area contributed by atoms with Crippen molar-refractivity contribution >= 4 is 33.5 Å². The number of nitrogens with zero attached hydrogens (tertiary/aromatic N) is 4. The molecule has 0 atom stereocenters. The van der Waals surface area contributed by atoms with Crippen molar-refractivity contribution in [2.45, 2.75) is 0 Å². The van der Waals surface area contributed by atoms with Gasteiger partial charge in [0.2, 0.25) is 0 Å². The SMILES string of the molecule is Clc1ccc2[nH]nc(-n3nnc4ccccc43)c2c1. The van der Waals surface area contributed by atoms with E-state index in [-0.39, 0.29) is 0 Å². The summed E-state index contributed by atoms with van der Waals surface area (Å²) in [4.78, 5) is 0. The molecular weight excluding hydrogens is 262 g/mol. The van der Waals surface area contributed by atoms with Crippen LogP contribution in [0.2, 0.25) is 5.02 Å². The third-order valence-electron chi connectivity index (χ3n) is 3.06. The number of rotatable bonds is 1. The van der Waals surface area contributed by atoms with Crippen molar-refractivity contribution in [1.29, 1.82) is 0 Å². The Hall–Kier alpha value is -2.40. The molecule has 2 aromatic carbocycles. The summed E-state index contributed by atoms with van der Waals surface area (Å²) >= 11 is 6.04. The first-order chi connectivity index (χ1) is 9.33. The van der Waals surface area contributed by atoms with E-state index in [4.69, 9.17) is 11.6 Å². The first kappa shape index (κ1) is 10.5. The zero-order chi connectivity index (χ0) is 12.8. The average Bonchev–Trinajstić information content (AvgIpc) is 3.01. The normalized spacial score (nSPS) is 11.4. The highest BCUT2D eigenvalue weighted by Crippen LogP contribution is 2.24. The Labute approximate surface area is 112 Å². The highest BCUT2D eigenvalue weighted by atomic mass is 35.5. The van der Waals surface area contributed by atoms with E-state index in [0.717, 1.165) is 21.9 Å². The zero-order valence-corrected chi connectivity index (χ0v) is 10.5. The Balaban J connectivity index is 2.06. The van der Waals surface area contributed by atoms with Gasteiger partial charge in [0.05, 0.1) is 11.0 Å². The molecule has 0 spiro atoms. The summed E-state index contributed by atoms with van der Waals surface area (Å²) in [7, 11) is 0. The number of H-pyrrole nitrogens is 1. The number of benzene rings is 2. The van der Waals surface area contributed by atoms with Gasteiger partial charge in [-0.25, -0.2) is 0 Å². The molecule has 4 rings (SSSR count). The molecule has 0 saturated carbocycles. The quantitative estimate of drug-likeness (QED) is 0.578. The molecule has 0 aliphatic rings. The average molecular weight is 270 g/mol. The molecular formula is C13H8ClN5. The van der Waals surface area contributed by atoms with Crippen molar-refractivity contribution in [1.82, 2.24) is 25.2 Å². The number of aromatic nitrogens is 5. The second-order valence-corrected chi connectivity index (χ2v) is 4.66. The second-order valence-electron chi connectivity index (χ2n) is 4.23. The summed E-state index contributed by atoms with van der Waals surface area (Å²) in [5.41, 5.74) is 2.66. The van der Waals surface area contributed by atoms with Crippen LogP contribution in [0.4, 0.5) is 0 Å². The molecule has 0 aliphatic heterocycles. The van der Waals surface area contributed by atoms with Crippen LogP contribution in [-0.4, -0.2) is 25.2 Å². The van der Waals surface area contributed by atoms with Crippen LogP contribution >= 0.6 is 11.6 Å². The lowest BCUT2D eigenvalue weighted by Crippen LogP contribution is -1.97. The van der Waals surface area contributed by atoms with Crippen LogP contribution in [0.5, 0.6) is 0 Å². The Kier molecular flexibility index (Phi) is 2.10. The van der Waals surface area contributed by atoms with E-state index in [1.54, 1.807) is 4.68 Å². The topological polar surface area (TPSA) is 59.4 Å². The summed E-state index contributed by atoms with van der Waals surface area (Å²) in [6.07, 6.45) is 0. The monoisotopic (exact) mass is 269 g/mol. The van der Waals surface area contributed by atoms with Crippen LogP contribution < -0.4 is 0 Å². The number of nitrogens with one attached hydrogen (secondary N) is 1. The van der Waals surface area contributed by atoms with Crippen LogP contribution in [0.3, 0.4) is 0 Å². The van der Waals surface area contributed by atoms with E-state index < -0.39 is 0 Å². The van der Waals surface area contributed by atoms with E-state index in [1.165, 1.54) is 0 Å². The molecule has 0 bridgehead atoms. The third-order valence-corrected chi connectivity index (χ3v) is 3.29. The smallest absolute Gasteiger partial charge is 0.185 e. The van der Waals surface area contributed by atoms with E-state index >= 15 is 0 Å². The van der Waals surface area contributed by atoms with Crippen molar-refractivity contribution < 1.29 is 0 Å². The van der Waals surface area contributed by atoms with Gasteiger partial charge in [0.15, 0.2) is 5.82 Å². The minimum atomic E-state index is 0.666. The first-order valence-electron chi connectivity index (χ1n) is 5.77. The molecule has 0 aliphatic carbocycles. The first-order valence-corrected chi connectivity index (χ1v) is 6.15. The van der Waals surface area contributed by atoms with E-state index in [2.05, 4.69) is 20.5 Å². The van der Waals surface area contributed by atoms with Crippen LogP contribution in [0.25, 0.3) is 27.8 Å². The van der Waals surface area contributed by atoms with Crippen LogP contribution in [0, 0.1) is 0 Å². The summed E-state index contributed by atoms with van der Waals surface area (Å²) in [5, 5.41) is 17.2. The number of hydrogen-bond acceptors (Lipinski definition) is 3. The molecule has 19 heavy (non-hydrogen) atoms. The predicted molar refractivity (Wildman–Crippen MR) is 73.5 cm³/mol. The highest BCUT2D eigenvalue weighted by Gasteiger charge is 2.12. The maximum atomic E-state index is 6.04. The van der Waals surface area contributed by atoms with Gasteiger partial charge in [-0.3, -0.25) is 5.10 Å². The number of hydrogen-bond donors (Lipinski definition) is 1. The summed E-state index contributed by atoms with van der Waals surface area (Å²) in [5.74, 6) is 0.700. The summed E-state index contributed by atoms with van der Waals surface area (Å²) in [6.45, 7) is 0. The Bertz CT molecular complexity index is 892. The Morgan fingerprint density at radius 1 is 1.11 bits per heavy atom. The van der Waals surface area contributed by atoms with E-state index in [0.29, 0.717) is 10.8 Å². The minimum absolute atomic E-state index is 0.666. The molecule has 0 fully saturated rings. The lowest BCUT2D eigenvalue weighted by atomic mass is 10.2. The zero-order valence-electron chi connectivity index (χ0n) is 9.71. The molecule has 0 radical (unpaired) electrons. The van der Waals surface area contributed by atoms with Gasteiger partial charge in [-0.1, -0.05) is 28.9 Å². The highest BCUT2D eigenvalue weighted by molar-refractivity contribution is 6.31. The Morgan fingerprint density at radius 3 is 2.95 bits per heavy atom. The molecule has 0 saturated heterocycles. The maximum Gasteiger partial charge on any atom is 0.185 e. The van der Waals surface area contributed by atoms with Gasteiger partial charge in [0.25, 0.3) is 0 Å². The minimum Gasteiger partial charge on any atom is -0.276 e. The van der Waals surface area contributed by atoms with Gasteiger partial charge >= 0.3 is 0 Å². The van der Waals surface area contributed by atoms with Gasteiger partial charge in [-0.05, 0) is 30.3 Å².